The van der Waals surface area contributed by atoms with Crippen molar-refractivity contribution in [2.45, 2.75) is 33.9 Å². The Morgan fingerprint density at radius 1 is 0.926 bits per heavy atom. The molecule has 0 aliphatic rings. The van der Waals surface area contributed by atoms with Crippen LogP contribution in [-0.2, 0) is 13.1 Å². The van der Waals surface area contributed by atoms with Crippen LogP contribution in [0.15, 0.2) is 61.2 Å². The van der Waals surface area contributed by atoms with Crippen molar-refractivity contribution in [3.05, 3.63) is 89.0 Å². The van der Waals surface area contributed by atoms with Gasteiger partial charge in [0, 0.05) is 43.6 Å². The van der Waals surface area contributed by atoms with Gasteiger partial charge in [0.15, 0.2) is 0 Å². The second-order valence-corrected chi connectivity index (χ2v) is 6.78. The molecule has 0 fully saturated rings. The largest absolute Gasteiger partial charge is 0.322 e. The number of carbonyl (C=O) groups excluding carboxylic acids is 1. The Bertz CT molecular complexity index is 846. The molecule has 0 atom stereocenters. The van der Waals surface area contributed by atoms with Crippen molar-refractivity contribution in [2.75, 3.05) is 5.32 Å². The van der Waals surface area contributed by atoms with Crippen molar-refractivity contribution in [2.24, 2.45) is 0 Å². The molecule has 1 aromatic carbocycles. The maximum Gasteiger partial charge on any atom is 0.322 e. The van der Waals surface area contributed by atoms with Crippen LogP contribution in [0.2, 0.25) is 0 Å². The van der Waals surface area contributed by atoms with Crippen LogP contribution in [0.25, 0.3) is 0 Å². The first kappa shape index (κ1) is 18.6. The highest BCUT2D eigenvalue weighted by Crippen LogP contribution is 2.23. The summed E-state index contributed by atoms with van der Waals surface area (Å²) in [7, 11) is 0. The standard InChI is InChI=1S/C22H24N4O/c1-16-11-17(2)21(18(3)12-16)25-22(27)26(14-19-6-9-23-10-7-19)15-20-5-4-8-24-13-20/h4-13H,14-15H2,1-3H3,(H,25,27). The predicted molar refractivity (Wildman–Crippen MR) is 107 cm³/mol. The molecule has 0 saturated carbocycles. The number of aromatic nitrogens is 2. The lowest BCUT2D eigenvalue weighted by atomic mass is 10.1. The molecule has 0 bridgehead atoms. The molecule has 0 spiro atoms. The Morgan fingerprint density at radius 3 is 2.22 bits per heavy atom. The molecule has 3 aromatic rings. The molecular weight excluding hydrogens is 336 g/mol. The normalized spacial score (nSPS) is 10.5. The van der Waals surface area contributed by atoms with Gasteiger partial charge in [-0.3, -0.25) is 9.97 Å². The van der Waals surface area contributed by atoms with E-state index >= 15 is 0 Å². The van der Waals surface area contributed by atoms with Gasteiger partial charge in [0.2, 0.25) is 0 Å². The van der Waals surface area contributed by atoms with Gasteiger partial charge in [-0.05, 0) is 61.2 Å². The molecule has 0 unspecified atom stereocenters. The van der Waals surface area contributed by atoms with Crippen LogP contribution in [0, 0.1) is 20.8 Å². The van der Waals surface area contributed by atoms with Crippen LogP contribution in [0.1, 0.15) is 27.8 Å². The van der Waals surface area contributed by atoms with E-state index in [1.54, 1.807) is 29.7 Å². The first-order valence-corrected chi connectivity index (χ1v) is 8.94. The van der Waals surface area contributed by atoms with Crippen LogP contribution < -0.4 is 5.32 Å². The quantitative estimate of drug-likeness (QED) is 0.721. The molecule has 5 nitrogen and oxygen atoms in total. The van der Waals surface area contributed by atoms with E-state index in [4.69, 9.17) is 0 Å². The molecule has 1 N–H and O–H groups in total. The number of hydrogen-bond donors (Lipinski definition) is 1. The van der Waals surface area contributed by atoms with Crippen molar-refractivity contribution in [1.82, 2.24) is 14.9 Å². The van der Waals surface area contributed by atoms with Crippen LogP contribution >= 0.6 is 0 Å². The monoisotopic (exact) mass is 360 g/mol. The number of amides is 2. The molecule has 5 heteroatoms. The number of aryl methyl sites for hydroxylation is 3. The molecular formula is C22H24N4O. The third kappa shape index (κ3) is 4.91. The number of hydrogen-bond acceptors (Lipinski definition) is 3. The number of pyridine rings is 2. The summed E-state index contributed by atoms with van der Waals surface area (Å²) in [4.78, 5) is 23.1. The van der Waals surface area contributed by atoms with Crippen LogP contribution in [0.5, 0.6) is 0 Å². The van der Waals surface area contributed by atoms with Gasteiger partial charge in [-0.25, -0.2) is 4.79 Å². The lowest BCUT2D eigenvalue weighted by Crippen LogP contribution is -2.34. The first-order chi connectivity index (χ1) is 13.0. The van der Waals surface area contributed by atoms with Crippen molar-refractivity contribution in [3.63, 3.8) is 0 Å². The maximum atomic E-state index is 13.1. The minimum atomic E-state index is -0.134. The van der Waals surface area contributed by atoms with Gasteiger partial charge in [-0.15, -0.1) is 0 Å². The lowest BCUT2D eigenvalue weighted by molar-refractivity contribution is 0.206. The highest BCUT2D eigenvalue weighted by molar-refractivity contribution is 5.91. The third-order valence-electron chi connectivity index (χ3n) is 4.42. The van der Waals surface area contributed by atoms with Gasteiger partial charge >= 0.3 is 6.03 Å². The fourth-order valence-electron chi connectivity index (χ4n) is 3.18. The number of rotatable bonds is 5. The van der Waals surface area contributed by atoms with Gasteiger partial charge in [-0.1, -0.05) is 23.8 Å². The smallest absolute Gasteiger partial charge is 0.316 e. The summed E-state index contributed by atoms with van der Waals surface area (Å²) in [5.74, 6) is 0. The molecule has 0 radical (unpaired) electrons. The zero-order chi connectivity index (χ0) is 19.2. The fourth-order valence-corrected chi connectivity index (χ4v) is 3.18. The minimum Gasteiger partial charge on any atom is -0.316 e. The zero-order valence-electron chi connectivity index (χ0n) is 15.9. The Kier molecular flexibility index (Phi) is 5.81. The molecule has 27 heavy (non-hydrogen) atoms. The first-order valence-electron chi connectivity index (χ1n) is 8.94. The summed E-state index contributed by atoms with van der Waals surface area (Å²) in [6.45, 7) is 7.07. The number of urea groups is 1. The van der Waals surface area contributed by atoms with Crippen molar-refractivity contribution < 1.29 is 4.79 Å². The van der Waals surface area contributed by atoms with Crippen LogP contribution in [0.4, 0.5) is 10.5 Å². The number of nitrogens with one attached hydrogen (secondary N) is 1. The highest BCUT2D eigenvalue weighted by Gasteiger charge is 2.17. The van der Waals surface area contributed by atoms with Crippen LogP contribution in [-0.4, -0.2) is 20.9 Å². The molecule has 0 aliphatic carbocycles. The Hall–Kier alpha value is -3.21. The zero-order valence-corrected chi connectivity index (χ0v) is 15.9. The maximum absolute atomic E-state index is 13.1. The fraction of sp³-hybridized carbons (Fsp3) is 0.227. The summed E-state index contributed by atoms with van der Waals surface area (Å²) >= 11 is 0. The Balaban J connectivity index is 1.84. The second-order valence-electron chi connectivity index (χ2n) is 6.78. The van der Waals surface area contributed by atoms with Gasteiger partial charge in [0.1, 0.15) is 0 Å². The summed E-state index contributed by atoms with van der Waals surface area (Å²) in [6, 6.07) is 11.7. The summed E-state index contributed by atoms with van der Waals surface area (Å²) in [6.07, 6.45) is 7.00. The molecule has 138 valence electrons. The van der Waals surface area contributed by atoms with E-state index in [2.05, 4.69) is 34.3 Å². The van der Waals surface area contributed by atoms with Crippen molar-refractivity contribution in [1.29, 1.82) is 0 Å². The number of nitrogens with zero attached hydrogens (tertiary/aromatic N) is 3. The molecule has 0 aliphatic heterocycles. The van der Waals surface area contributed by atoms with E-state index in [1.165, 1.54) is 5.56 Å². The van der Waals surface area contributed by atoms with Gasteiger partial charge in [0.05, 0.1) is 0 Å². The summed E-state index contributed by atoms with van der Waals surface area (Å²) in [5, 5.41) is 3.10. The van der Waals surface area contributed by atoms with Gasteiger partial charge < -0.3 is 10.2 Å². The molecule has 2 amide bonds. The van der Waals surface area contributed by atoms with Crippen molar-refractivity contribution in [3.8, 4) is 0 Å². The molecule has 2 heterocycles. The van der Waals surface area contributed by atoms with Crippen LogP contribution in [0.3, 0.4) is 0 Å². The van der Waals surface area contributed by atoms with Crippen molar-refractivity contribution >= 4 is 11.7 Å². The van der Waals surface area contributed by atoms with E-state index in [9.17, 15) is 4.79 Å². The lowest BCUT2D eigenvalue weighted by Gasteiger charge is -2.24. The van der Waals surface area contributed by atoms with E-state index in [0.717, 1.165) is 27.9 Å². The van der Waals surface area contributed by atoms with Gasteiger partial charge in [0.25, 0.3) is 0 Å². The summed E-state index contributed by atoms with van der Waals surface area (Å²) < 4.78 is 0. The molecule has 2 aromatic heterocycles. The molecule has 3 rings (SSSR count). The van der Waals surface area contributed by atoms with E-state index in [-0.39, 0.29) is 6.03 Å². The van der Waals surface area contributed by atoms with E-state index in [0.29, 0.717) is 13.1 Å². The summed E-state index contributed by atoms with van der Waals surface area (Å²) in [5.41, 5.74) is 6.20. The average Bonchev–Trinajstić information content (AvgIpc) is 2.65. The average molecular weight is 360 g/mol. The number of carbonyl (C=O) groups is 1. The number of anilines is 1. The topological polar surface area (TPSA) is 58.1 Å². The Labute approximate surface area is 160 Å². The van der Waals surface area contributed by atoms with E-state index < -0.39 is 0 Å². The highest BCUT2D eigenvalue weighted by atomic mass is 16.2. The Morgan fingerprint density at radius 2 is 1.59 bits per heavy atom. The van der Waals surface area contributed by atoms with Gasteiger partial charge in [-0.2, -0.15) is 0 Å². The third-order valence-corrected chi connectivity index (χ3v) is 4.42. The van der Waals surface area contributed by atoms with E-state index in [1.807, 2.05) is 38.1 Å². The number of benzene rings is 1. The molecule has 0 saturated heterocycles. The predicted octanol–water partition coefficient (Wildman–Crippen LogP) is 4.64. The SMILES string of the molecule is Cc1cc(C)c(NC(=O)N(Cc2ccncc2)Cc2cccnc2)c(C)c1. The minimum absolute atomic E-state index is 0.134. The second kappa shape index (κ2) is 8.45.